The Morgan fingerprint density at radius 2 is 2.12 bits per heavy atom. The van der Waals surface area contributed by atoms with Crippen LogP contribution in [-0.4, -0.2) is 12.6 Å². The molecule has 2 nitrogen and oxygen atoms in total. The van der Waals surface area contributed by atoms with Crippen molar-refractivity contribution >= 4 is 21.9 Å². The summed E-state index contributed by atoms with van der Waals surface area (Å²) < 4.78 is 6.11. The molecule has 86 valence electrons. The average molecular weight is 283 g/mol. The topological polar surface area (TPSA) is 26.3 Å². The molecule has 16 heavy (non-hydrogen) atoms. The SMILES string of the molecule is C=C(C)C(=O)OCCCc1ccccc1Br. The summed E-state index contributed by atoms with van der Waals surface area (Å²) in [6.07, 6.45) is 1.71. The summed E-state index contributed by atoms with van der Waals surface area (Å²) in [7, 11) is 0. The highest BCUT2D eigenvalue weighted by Crippen LogP contribution is 2.17. The third-order valence-corrected chi connectivity index (χ3v) is 2.90. The van der Waals surface area contributed by atoms with Crippen molar-refractivity contribution in [1.29, 1.82) is 0 Å². The minimum atomic E-state index is -0.313. The van der Waals surface area contributed by atoms with Gasteiger partial charge in [-0.15, -0.1) is 0 Å². The Bertz CT molecular complexity index is 385. The van der Waals surface area contributed by atoms with Crippen molar-refractivity contribution in [1.82, 2.24) is 0 Å². The summed E-state index contributed by atoms with van der Waals surface area (Å²) in [5, 5.41) is 0. The van der Waals surface area contributed by atoms with Crippen LogP contribution in [0.15, 0.2) is 40.9 Å². The molecule has 0 heterocycles. The van der Waals surface area contributed by atoms with Crippen molar-refractivity contribution in [2.45, 2.75) is 19.8 Å². The van der Waals surface area contributed by atoms with Gasteiger partial charge in [0.1, 0.15) is 0 Å². The second kappa shape index (κ2) is 6.48. The van der Waals surface area contributed by atoms with Crippen LogP contribution in [0.1, 0.15) is 18.9 Å². The molecule has 3 heteroatoms. The number of hydrogen-bond acceptors (Lipinski definition) is 2. The van der Waals surface area contributed by atoms with Gasteiger partial charge in [-0.25, -0.2) is 4.79 Å². The molecule has 1 aromatic carbocycles. The number of hydrogen-bond donors (Lipinski definition) is 0. The van der Waals surface area contributed by atoms with Gasteiger partial charge in [0.15, 0.2) is 0 Å². The van der Waals surface area contributed by atoms with Crippen molar-refractivity contribution in [3.05, 3.63) is 46.5 Å². The molecule has 0 aliphatic heterocycles. The number of rotatable bonds is 5. The van der Waals surface area contributed by atoms with Gasteiger partial charge in [-0.1, -0.05) is 40.7 Å². The fourth-order valence-corrected chi connectivity index (χ4v) is 1.73. The van der Waals surface area contributed by atoms with E-state index in [0.29, 0.717) is 12.2 Å². The first-order valence-corrected chi connectivity index (χ1v) is 5.96. The fraction of sp³-hybridized carbons (Fsp3) is 0.308. The minimum Gasteiger partial charge on any atom is -0.462 e. The second-order valence-electron chi connectivity index (χ2n) is 3.61. The van der Waals surface area contributed by atoms with E-state index in [1.165, 1.54) is 5.56 Å². The molecule has 1 aromatic rings. The number of carbonyl (C=O) groups is 1. The van der Waals surface area contributed by atoms with Crippen LogP contribution in [0, 0.1) is 0 Å². The normalized spacial score (nSPS) is 9.88. The highest BCUT2D eigenvalue weighted by atomic mass is 79.9. The van der Waals surface area contributed by atoms with Crippen molar-refractivity contribution < 1.29 is 9.53 Å². The summed E-state index contributed by atoms with van der Waals surface area (Å²) in [6, 6.07) is 8.05. The van der Waals surface area contributed by atoms with E-state index in [2.05, 4.69) is 28.6 Å². The third kappa shape index (κ3) is 4.19. The van der Waals surface area contributed by atoms with Crippen molar-refractivity contribution in [2.24, 2.45) is 0 Å². The molecule has 0 amide bonds. The fourth-order valence-electron chi connectivity index (χ4n) is 1.25. The molecule has 0 saturated heterocycles. The molecular weight excluding hydrogens is 268 g/mol. The predicted octanol–water partition coefficient (Wildman–Crippen LogP) is 3.50. The van der Waals surface area contributed by atoms with Crippen LogP contribution < -0.4 is 0 Å². The number of carbonyl (C=O) groups excluding carboxylic acids is 1. The van der Waals surface area contributed by atoms with E-state index >= 15 is 0 Å². The maximum atomic E-state index is 11.1. The quantitative estimate of drug-likeness (QED) is 0.469. The van der Waals surface area contributed by atoms with Crippen molar-refractivity contribution in [2.75, 3.05) is 6.61 Å². The lowest BCUT2D eigenvalue weighted by molar-refractivity contribution is -0.139. The molecule has 0 atom stereocenters. The number of halogens is 1. The molecule has 0 spiro atoms. The van der Waals surface area contributed by atoms with Gasteiger partial charge in [0.05, 0.1) is 6.61 Å². The van der Waals surface area contributed by atoms with Gasteiger partial charge in [-0.05, 0) is 31.4 Å². The Morgan fingerprint density at radius 1 is 1.44 bits per heavy atom. The predicted molar refractivity (Wildman–Crippen MR) is 68.2 cm³/mol. The zero-order valence-corrected chi connectivity index (χ0v) is 10.9. The molecule has 0 unspecified atom stereocenters. The van der Waals surface area contributed by atoms with Crippen molar-refractivity contribution in [3.8, 4) is 0 Å². The van der Waals surface area contributed by atoms with Crippen LogP contribution in [0.25, 0.3) is 0 Å². The van der Waals surface area contributed by atoms with Crippen LogP contribution in [0.5, 0.6) is 0 Å². The zero-order valence-electron chi connectivity index (χ0n) is 9.33. The zero-order chi connectivity index (χ0) is 12.0. The largest absolute Gasteiger partial charge is 0.462 e. The Hall–Kier alpha value is -1.09. The smallest absolute Gasteiger partial charge is 0.333 e. The second-order valence-corrected chi connectivity index (χ2v) is 4.47. The van der Waals surface area contributed by atoms with E-state index in [0.717, 1.165) is 17.3 Å². The third-order valence-electron chi connectivity index (χ3n) is 2.13. The van der Waals surface area contributed by atoms with E-state index in [-0.39, 0.29) is 5.97 Å². The van der Waals surface area contributed by atoms with Crippen LogP contribution >= 0.6 is 15.9 Å². The van der Waals surface area contributed by atoms with Crippen LogP contribution in [0.2, 0.25) is 0 Å². The molecular formula is C13H15BrO2. The summed E-state index contributed by atoms with van der Waals surface area (Å²) >= 11 is 3.48. The lowest BCUT2D eigenvalue weighted by Crippen LogP contribution is -2.06. The van der Waals surface area contributed by atoms with Crippen molar-refractivity contribution in [3.63, 3.8) is 0 Å². The molecule has 1 rings (SSSR count). The highest BCUT2D eigenvalue weighted by molar-refractivity contribution is 9.10. The standard InChI is InChI=1S/C13H15BrO2/c1-10(2)13(15)16-9-5-7-11-6-3-4-8-12(11)14/h3-4,6,8H,1,5,7,9H2,2H3. The Balaban J connectivity index is 2.29. The van der Waals surface area contributed by atoms with Gasteiger partial charge in [0.25, 0.3) is 0 Å². The van der Waals surface area contributed by atoms with Gasteiger partial charge in [-0.3, -0.25) is 0 Å². The van der Waals surface area contributed by atoms with Gasteiger partial charge in [0, 0.05) is 10.0 Å². The van der Waals surface area contributed by atoms with Crippen LogP contribution in [0.4, 0.5) is 0 Å². The van der Waals surface area contributed by atoms with E-state index in [1.807, 2.05) is 18.2 Å². The van der Waals surface area contributed by atoms with Crippen LogP contribution in [0.3, 0.4) is 0 Å². The highest BCUT2D eigenvalue weighted by Gasteiger charge is 2.03. The molecule has 0 fully saturated rings. The lowest BCUT2D eigenvalue weighted by Gasteiger charge is -2.05. The average Bonchev–Trinajstić information content (AvgIpc) is 2.26. The molecule has 0 bridgehead atoms. The Labute approximate surface area is 104 Å². The number of aryl methyl sites for hydroxylation is 1. The summed E-state index contributed by atoms with van der Waals surface area (Å²) in [4.78, 5) is 11.1. The first-order chi connectivity index (χ1) is 7.61. The molecule has 0 aliphatic carbocycles. The molecule has 0 aromatic heterocycles. The van der Waals surface area contributed by atoms with Crippen LogP contribution in [-0.2, 0) is 16.0 Å². The molecule has 0 saturated carbocycles. The molecule has 0 aliphatic rings. The van der Waals surface area contributed by atoms with E-state index < -0.39 is 0 Å². The number of ether oxygens (including phenoxy) is 1. The van der Waals surface area contributed by atoms with E-state index in [1.54, 1.807) is 6.92 Å². The monoisotopic (exact) mass is 282 g/mol. The summed E-state index contributed by atoms with van der Waals surface area (Å²) in [5.74, 6) is -0.313. The summed E-state index contributed by atoms with van der Waals surface area (Å²) in [5.41, 5.74) is 1.68. The van der Waals surface area contributed by atoms with Gasteiger partial charge >= 0.3 is 5.97 Å². The van der Waals surface area contributed by atoms with E-state index in [4.69, 9.17) is 4.74 Å². The Kier molecular flexibility index (Phi) is 5.26. The van der Waals surface area contributed by atoms with Gasteiger partial charge < -0.3 is 4.74 Å². The van der Waals surface area contributed by atoms with E-state index in [9.17, 15) is 4.79 Å². The first kappa shape index (κ1) is 13.0. The number of esters is 1. The lowest BCUT2D eigenvalue weighted by atomic mass is 10.1. The minimum absolute atomic E-state index is 0.313. The Morgan fingerprint density at radius 3 is 2.75 bits per heavy atom. The summed E-state index contributed by atoms with van der Waals surface area (Å²) in [6.45, 7) is 5.61. The maximum absolute atomic E-state index is 11.1. The maximum Gasteiger partial charge on any atom is 0.333 e. The van der Waals surface area contributed by atoms with Gasteiger partial charge in [0.2, 0.25) is 0 Å². The first-order valence-electron chi connectivity index (χ1n) is 5.17. The molecule has 0 radical (unpaired) electrons. The van der Waals surface area contributed by atoms with Gasteiger partial charge in [-0.2, -0.15) is 0 Å². The molecule has 0 N–H and O–H groups in total. The number of benzene rings is 1.